The number of nitrogens with zero attached hydrogens (tertiary/aromatic N) is 2. The molecule has 30 heavy (non-hydrogen) atoms. The van der Waals surface area contributed by atoms with Crippen molar-refractivity contribution in [3.63, 3.8) is 0 Å². The van der Waals surface area contributed by atoms with E-state index in [9.17, 15) is 14.7 Å². The van der Waals surface area contributed by atoms with Crippen LogP contribution in [0.2, 0.25) is 0 Å². The summed E-state index contributed by atoms with van der Waals surface area (Å²) in [5.74, 6) is -0.0702. The fourth-order valence-corrected chi connectivity index (χ4v) is 2.73. The highest BCUT2D eigenvalue weighted by molar-refractivity contribution is 6.06. The van der Waals surface area contributed by atoms with Crippen LogP contribution in [0.5, 0.6) is 5.75 Å². The average molecular weight is 400 g/mol. The molecule has 8 heteroatoms. The lowest BCUT2D eigenvalue weighted by Crippen LogP contribution is -2.14. The summed E-state index contributed by atoms with van der Waals surface area (Å²) in [4.78, 5) is 33.1. The van der Waals surface area contributed by atoms with Gasteiger partial charge in [-0.05, 0) is 42.5 Å². The van der Waals surface area contributed by atoms with Crippen LogP contribution in [-0.2, 0) is 0 Å². The number of benzene rings is 2. The first-order chi connectivity index (χ1) is 14.6. The summed E-state index contributed by atoms with van der Waals surface area (Å²) in [6.07, 6.45) is 4.37. The molecule has 0 atom stereocenters. The topological polar surface area (TPSA) is 117 Å². The molecule has 0 saturated heterocycles. The van der Waals surface area contributed by atoms with Gasteiger partial charge in [-0.2, -0.15) is 0 Å². The minimum absolute atomic E-state index is 0.118. The highest BCUT2D eigenvalue weighted by Gasteiger charge is 2.12. The standard InChI is InChI=1S/C22H16N4O4/c27-18-7-2-4-14(11-18)20-23-12-17(13-24-20)26-21(28)15-5-1-6-16(10-15)25-22(29)19-8-3-9-30-19/h1-13,27H,(H,25,29)(H,26,28). The first kappa shape index (κ1) is 18.9. The molecular weight excluding hydrogens is 384 g/mol. The van der Waals surface area contributed by atoms with E-state index in [0.717, 1.165) is 0 Å². The summed E-state index contributed by atoms with van der Waals surface area (Å²) in [6, 6.07) is 16.3. The van der Waals surface area contributed by atoms with Crippen molar-refractivity contribution in [1.29, 1.82) is 0 Å². The van der Waals surface area contributed by atoms with Crippen LogP contribution in [0.3, 0.4) is 0 Å². The molecule has 0 aliphatic heterocycles. The molecule has 148 valence electrons. The third kappa shape index (κ3) is 4.33. The number of aromatic hydroxyl groups is 1. The van der Waals surface area contributed by atoms with Crippen molar-refractivity contribution in [2.75, 3.05) is 10.6 Å². The third-order valence-electron chi connectivity index (χ3n) is 4.14. The molecule has 0 radical (unpaired) electrons. The van der Waals surface area contributed by atoms with Gasteiger partial charge in [0.15, 0.2) is 11.6 Å². The van der Waals surface area contributed by atoms with Gasteiger partial charge in [0.1, 0.15) is 5.75 Å². The summed E-state index contributed by atoms with van der Waals surface area (Å²) in [5, 5.41) is 14.9. The van der Waals surface area contributed by atoms with Crippen molar-refractivity contribution in [2.24, 2.45) is 0 Å². The fraction of sp³-hybridized carbons (Fsp3) is 0. The van der Waals surface area contributed by atoms with E-state index in [4.69, 9.17) is 4.42 Å². The van der Waals surface area contributed by atoms with E-state index in [1.54, 1.807) is 60.7 Å². The average Bonchev–Trinajstić information content (AvgIpc) is 3.30. The SMILES string of the molecule is O=C(Nc1cnc(-c2cccc(O)c2)nc1)c1cccc(NC(=O)c2ccco2)c1. The minimum Gasteiger partial charge on any atom is -0.508 e. The van der Waals surface area contributed by atoms with Crippen molar-refractivity contribution in [3.8, 4) is 17.1 Å². The Morgan fingerprint density at radius 3 is 2.33 bits per heavy atom. The van der Waals surface area contributed by atoms with Gasteiger partial charge >= 0.3 is 0 Å². The predicted molar refractivity (Wildman–Crippen MR) is 110 cm³/mol. The van der Waals surface area contributed by atoms with E-state index in [1.165, 1.54) is 18.7 Å². The van der Waals surface area contributed by atoms with Crippen LogP contribution in [0.25, 0.3) is 11.4 Å². The number of nitrogens with one attached hydrogen (secondary N) is 2. The summed E-state index contributed by atoms with van der Waals surface area (Å²) >= 11 is 0. The molecule has 2 aromatic carbocycles. The number of hydrogen-bond donors (Lipinski definition) is 3. The van der Waals surface area contributed by atoms with Crippen molar-refractivity contribution in [1.82, 2.24) is 9.97 Å². The van der Waals surface area contributed by atoms with Crippen molar-refractivity contribution in [2.45, 2.75) is 0 Å². The zero-order chi connectivity index (χ0) is 20.9. The number of carbonyl (C=O) groups excluding carboxylic acids is 2. The number of amides is 2. The lowest BCUT2D eigenvalue weighted by molar-refractivity contribution is 0.0993. The molecule has 4 aromatic rings. The lowest BCUT2D eigenvalue weighted by atomic mass is 10.2. The Balaban J connectivity index is 1.44. The summed E-state index contributed by atoms with van der Waals surface area (Å²) in [5.41, 5.74) is 1.88. The molecule has 0 saturated carbocycles. The Kier molecular flexibility index (Phi) is 5.21. The molecule has 3 N–H and O–H groups in total. The van der Waals surface area contributed by atoms with Gasteiger partial charge in [-0.25, -0.2) is 9.97 Å². The second kappa shape index (κ2) is 8.27. The Hall–Kier alpha value is -4.46. The van der Waals surface area contributed by atoms with Gasteiger partial charge in [0.25, 0.3) is 11.8 Å². The molecule has 2 heterocycles. The van der Waals surface area contributed by atoms with E-state index in [0.29, 0.717) is 28.3 Å². The van der Waals surface area contributed by atoms with Gasteiger partial charge in [-0.3, -0.25) is 9.59 Å². The maximum atomic E-state index is 12.5. The minimum atomic E-state index is -0.409. The number of furan rings is 1. The molecule has 4 rings (SSSR count). The predicted octanol–water partition coefficient (Wildman–Crippen LogP) is 3.95. The Morgan fingerprint density at radius 1 is 0.833 bits per heavy atom. The summed E-state index contributed by atoms with van der Waals surface area (Å²) in [6.45, 7) is 0. The molecular formula is C22H16N4O4. The van der Waals surface area contributed by atoms with Crippen LogP contribution in [0, 0.1) is 0 Å². The van der Waals surface area contributed by atoms with E-state index in [2.05, 4.69) is 20.6 Å². The molecule has 8 nitrogen and oxygen atoms in total. The van der Waals surface area contributed by atoms with E-state index >= 15 is 0 Å². The van der Waals surface area contributed by atoms with Crippen LogP contribution >= 0.6 is 0 Å². The van der Waals surface area contributed by atoms with Gasteiger partial charge in [-0.15, -0.1) is 0 Å². The summed E-state index contributed by atoms with van der Waals surface area (Å²) in [7, 11) is 0. The molecule has 0 spiro atoms. The van der Waals surface area contributed by atoms with Crippen LogP contribution in [-0.4, -0.2) is 26.9 Å². The van der Waals surface area contributed by atoms with Gasteiger partial charge in [0.2, 0.25) is 0 Å². The van der Waals surface area contributed by atoms with Crippen molar-refractivity contribution >= 4 is 23.2 Å². The Bertz CT molecular complexity index is 1190. The highest BCUT2D eigenvalue weighted by Crippen LogP contribution is 2.20. The molecule has 0 aliphatic rings. The van der Waals surface area contributed by atoms with Crippen LogP contribution in [0.1, 0.15) is 20.9 Å². The van der Waals surface area contributed by atoms with Gasteiger partial charge in [-0.1, -0.05) is 18.2 Å². The zero-order valence-electron chi connectivity index (χ0n) is 15.6. The number of phenolic OH excluding ortho intramolecular Hbond substituents is 1. The maximum absolute atomic E-state index is 12.5. The van der Waals surface area contributed by atoms with Crippen molar-refractivity contribution in [3.05, 3.63) is 90.6 Å². The molecule has 0 fully saturated rings. The first-order valence-corrected chi connectivity index (χ1v) is 8.96. The Labute approximate surface area is 171 Å². The van der Waals surface area contributed by atoms with E-state index < -0.39 is 5.91 Å². The smallest absolute Gasteiger partial charge is 0.291 e. The monoisotopic (exact) mass is 400 g/mol. The number of carbonyl (C=O) groups is 2. The first-order valence-electron chi connectivity index (χ1n) is 8.96. The van der Waals surface area contributed by atoms with Crippen LogP contribution in [0.15, 0.2) is 83.7 Å². The van der Waals surface area contributed by atoms with E-state index in [1.807, 2.05) is 0 Å². The third-order valence-corrected chi connectivity index (χ3v) is 4.14. The summed E-state index contributed by atoms with van der Waals surface area (Å²) < 4.78 is 5.05. The lowest BCUT2D eigenvalue weighted by Gasteiger charge is -2.08. The maximum Gasteiger partial charge on any atom is 0.291 e. The van der Waals surface area contributed by atoms with Crippen LogP contribution in [0.4, 0.5) is 11.4 Å². The van der Waals surface area contributed by atoms with Gasteiger partial charge in [0, 0.05) is 16.8 Å². The van der Waals surface area contributed by atoms with E-state index in [-0.39, 0.29) is 17.4 Å². The second-order valence-corrected chi connectivity index (χ2v) is 6.31. The number of phenols is 1. The van der Waals surface area contributed by atoms with Crippen LogP contribution < -0.4 is 10.6 Å². The van der Waals surface area contributed by atoms with Gasteiger partial charge in [0.05, 0.1) is 24.3 Å². The van der Waals surface area contributed by atoms with Gasteiger partial charge < -0.3 is 20.2 Å². The Morgan fingerprint density at radius 2 is 1.60 bits per heavy atom. The molecule has 2 amide bonds. The zero-order valence-corrected chi connectivity index (χ0v) is 15.6. The molecule has 2 aromatic heterocycles. The highest BCUT2D eigenvalue weighted by atomic mass is 16.3. The normalized spacial score (nSPS) is 10.4. The number of anilines is 2. The molecule has 0 unspecified atom stereocenters. The number of hydrogen-bond acceptors (Lipinski definition) is 6. The number of aromatic nitrogens is 2. The molecule has 0 bridgehead atoms. The molecule has 0 aliphatic carbocycles. The second-order valence-electron chi connectivity index (χ2n) is 6.31. The quantitative estimate of drug-likeness (QED) is 0.467. The van der Waals surface area contributed by atoms with Crippen molar-refractivity contribution < 1.29 is 19.1 Å². The number of rotatable bonds is 5. The largest absolute Gasteiger partial charge is 0.508 e. The fourth-order valence-electron chi connectivity index (χ4n) is 2.73.